The predicted octanol–water partition coefficient (Wildman–Crippen LogP) is 2.32. The summed E-state index contributed by atoms with van der Waals surface area (Å²) < 4.78 is 0. The lowest BCUT2D eigenvalue weighted by Crippen LogP contribution is -2.35. The molecule has 19 heavy (non-hydrogen) atoms. The maximum absolute atomic E-state index is 11.9. The molecule has 0 aliphatic rings. The van der Waals surface area contributed by atoms with Crippen LogP contribution in [-0.4, -0.2) is 21.0 Å². The number of aromatic nitrogens is 3. The zero-order chi connectivity index (χ0) is 13.7. The Bertz CT molecular complexity index is 509. The molecule has 2 aromatic rings. The van der Waals surface area contributed by atoms with Crippen LogP contribution in [0.4, 0.5) is 10.5 Å². The molecule has 6 heteroatoms. The molecule has 0 aromatic carbocycles. The van der Waals surface area contributed by atoms with Crippen LogP contribution in [0.15, 0.2) is 36.9 Å². The molecular formula is C13H17N5O. The highest BCUT2D eigenvalue weighted by Crippen LogP contribution is 2.18. The fourth-order valence-electron chi connectivity index (χ4n) is 1.74. The van der Waals surface area contributed by atoms with Crippen LogP contribution in [0.25, 0.3) is 0 Å². The molecule has 2 amide bonds. The number of pyridine rings is 1. The average molecular weight is 259 g/mol. The average Bonchev–Trinajstić information content (AvgIpc) is 2.90. The lowest BCUT2D eigenvalue weighted by atomic mass is 10.0. The Morgan fingerprint density at radius 2 is 2.21 bits per heavy atom. The summed E-state index contributed by atoms with van der Waals surface area (Å²) in [5.74, 6) is 0.974. The Balaban J connectivity index is 2.00. The number of H-pyrrole nitrogens is 1. The number of urea groups is 1. The van der Waals surface area contributed by atoms with E-state index in [-0.39, 0.29) is 18.0 Å². The van der Waals surface area contributed by atoms with Crippen molar-refractivity contribution in [2.75, 3.05) is 5.32 Å². The number of nitrogens with one attached hydrogen (secondary N) is 3. The number of rotatable bonds is 4. The fraction of sp³-hybridized carbons (Fsp3) is 0.308. The van der Waals surface area contributed by atoms with Gasteiger partial charge in [0, 0.05) is 18.6 Å². The number of imidazole rings is 1. The van der Waals surface area contributed by atoms with Crippen molar-refractivity contribution >= 4 is 11.7 Å². The summed E-state index contributed by atoms with van der Waals surface area (Å²) in [6, 6.07) is 3.11. The van der Waals surface area contributed by atoms with Crippen LogP contribution >= 0.6 is 0 Å². The van der Waals surface area contributed by atoms with E-state index in [0.717, 1.165) is 5.82 Å². The lowest BCUT2D eigenvalue weighted by Gasteiger charge is -2.20. The van der Waals surface area contributed by atoms with Crippen molar-refractivity contribution in [3.63, 3.8) is 0 Å². The molecule has 0 fully saturated rings. The van der Waals surface area contributed by atoms with E-state index in [1.165, 1.54) is 0 Å². The molecule has 3 N–H and O–H groups in total. The second kappa shape index (κ2) is 5.99. The Hall–Kier alpha value is -2.37. The summed E-state index contributed by atoms with van der Waals surface area (Å²) in [6.45, 7) is 4.05. The van der Waals surface area contributed by atoms with Crippen LogP contribution in [0, 0.1) is 5.92 Å². The standard InChI is InChI=1S/C13H17N5O/c1-9(2)11(12-15-6-7-16-12)18-13(19)17-10-4-3-5-14-8-10/h3-9,11H,1-2H3,(H,15,16)(H2,17,18,19). The van der Waals surface area contributed by atoms with Gasteiger partial charge in [0.2, 0.25) is 0 Å². The monoisotopic (exact) mass is 259 g/mol. The van der Waals surface area contributed by atoms with Crippen LogP contribution in [0.2, 0.25) is 0 Å². The van der Waals surface area contributed by atoms with E-state index in [1.54, 1.807) is 36.9 Å². The molecule has 1 atom stereocenters. The number of carbonyl (C=O) groups is 1. The van der Waals surface area contributed by atoms with Crippen molar-refractivity contribution in [2.24, 2.45) is 5.92 Å². The van der Waals surface area contributed by atoms with Crippen LogP contribution in [-0.2, 0) is 0 Å². The van der Waals surface area contributed by atoms with Gasteiger partial charge in [-0.3, -0.25) is 4.98 Å². The van der Waals surface area contributed by atoms with Gasteiger partial charge in [0.1, 0.15) is 5.82 Å². The first-order valence-corrected chi connectivity index (χ1v) is 6.13. The van der Waals surface area contributed by atoms with Gasteiger partial charge < -0.3 is 15.6 Å². The van der Waals surface area contributed by atoms with Gasteiger partial charge in [-0.1, -0.05) is 13.8 Å². The topological polar surface area (TPSA) is 82.7 Å². The SMILES string of the molecule is CC(C)C(NC(=O)Nc1cccnc1)c1ncc[nH]1. The quantitative estimate of drug-likeness (QED) is 0.788. The molecule has 0 saturated heterocycles. The predicted molar refractivity (Wildman–Crippen MR) is 72.6 cm³/mol. The molecule has 2 aromatic heterocycles. The van der Waals surface area contributed by atoms with E-state index in [0.29, 0.717) is 5.69 Å². The van der Waals surface area contributed by atoms with Crippen LogP contribution < -0.4 is 10.6 Å². The molecule has 0 saturated carbocycles. The Morgan fingerprint density at radius 3 is 2.79 bits per heavy atom. The van der Waals surface area contributed by atoms with Crippen molar-refractivity contribution in [2.45, 2.75) is 19.9 Å². The minimum Gasteiger partial charge on any atom is -0.347 e. The van der Waals surface area contributed by atoms with Crippen LogP contribution in [0.1, 0.15) is 25.7 Å². The molecule has 0 spiro atoms. The highest BCUT2D eigenvalue weighted by Gasteiger charge is 2.20. The molecule has 100 valence electrons. The Labute approximate surface area is 111 Å². The number of aromatic amines is 1. The minimum absolute atomic E-state index is 0.160. The van der Waals surface area contributed by atoms with Crippen molar-refractivity contribution in [3.05, 3.63) is 42.7 Å². The third kappa shape index (κ3) is 3.54. The Kier molecular flexibility index (Phi) is 4.12. The molecule has 1 unspecified atom stereocenters. The maximum Gasteiger partial charge on any atom is 0.319 e. The number of nitrogens with zero attached hydrogens (tertiary/aromatic N) is 2. The van der Waals surface area contributed by atoms with Crippen LogP contribution in [0.5, 0.6) is 0 Å². The van der Waals surface area contributed by atoms with E-state index < -0.39 is 0 Å². The second-order valence-electron chi connectivity index (χ2n) is 4.54. The van der Waals surface area contributed by atoms with Gasteiger partial charge in [-0.25, -0.2) is 9.78 Å². The second-order valence-corrected chi connectivity index (χ2v) is 4.54. The number of hydrogen-bond donors (Lipinski definition) is 3. The summed E-state index contributed by atoms with van der Waals surface area (Å²) in [5, 5.41) is 5.63. The van der Waals surface area contributed by atoms with E-state index in [1.807, 2.05) is 13.8 Å². The third-order valence-corrected chi connectivity index (χ3v) is 2.69. The molecule has 0 aliphatic heterocycles. The lowest BCUT2D eigenvalue weighted by molar-refractivity contribution is 0.244. The number of anilines is 1. The smallest absolute Gasteiger partial charge is 0.319 e. The summed E-state index contributed by atoms with van der Waals surface area (Å²) in [6.07, 6.45) is 6.66. The summed E-state index contributed by atoms with van der Waals surface area (Å²) in [4.78, 5) is 23.1. The van der Waals surface area contributed by atoms with Gasteiger partial charge in [-0.2, -0.15) is 0 Å². The van der Waals surface area contributed by atoms with Crippen LogP contribution in [0.3, 0.4) is 0 Å². The zero-order valence-electron chi connectivity index (χ0n) is 10.9. The van der Waals surface area contributed by atoms with Crippen molar-refractivity contribution in [1.29, 1.82) is 0 Å². The largest absolute Gasteiger partial charge is 0.347 e. The molecule has 0 bridgehead atoms. The first-order chi connectivity index (χ1) is 9.16. The van der Waals surface area contributed by atoms with Gasteiger partial charge in [0.05, 0.1) is 17.9 Å². The van der Waals surface area contributed by atoms with E-state index >= 15 is 0 Å². The Morgan fingerprint density at radius 1 is 1.37 bits per heavy atom. The first-order valence-electron chi connectivity index (χ1n) is 6.13. The van der Waals surface area contributed by atoms with E-state index in [2.05, 4.69) is 25.6 Å². The van der Waals surface area contributed by atoms with Gasteiger partial charge in [0.15, 0.2) is 0 Å². The van der Waals surface area contributed by atoms with Crippen molar-refractivity contribution in [3.8, 4) is 0 Å². The van der Waals surface area contributed by atoms with Crippen molar-refractivity contribution < 1.29 is 4.79 Å². The van der Waals surface area contributed by atoms with Gasteiger partial charge in [-0.05, 0) is 18.1 Å². The highest BCUT2D eigenvalue weighted by molar-refractivity contribution is 5.89. The normalized spacial score (nSPS) is 12.2. The number of carbonyl (C=O) groups excluding carboxylic acids is 1. The molecule has 0 radical (unpaired) electrons. The number of hydrogen-bond acceptors (Lipinski definition) is 3. The summed E-state index contributed by atoms with van der Waals surface area (Å²) in [5.41, 5.74) is 0.655. The van der Waals surface area contributed by atoms with Gasteiger partial charge >= 0.3 is 6.03 Å². The molecule has 2 heterocycles. The highest BCUT2D eigenvalue weighted by atomic mass is 16.2. The maximum atomic E-state index is 11.9. The summed E-state index contributed by atoms with van der Waals surface area (Å²) in [7, 11) is 0. The van der Waals surface area contributed by atoms with Crippen molar-refractivity contribution in [1.82, 2.24) is 20.3 Å². The first kappa shape index (κ1) is 13.1. The molecule has 6 nitrogen and oxygen atoms in total. The molecular weight excluding hydrogens is 242 g/mol. The van der Waals surface area contributed by atoms with Gasteiger partial charge in [0.25, 0.3) is 0 Å². The zero-order valence-corrected chi connectivity index (χ0v) is 10.9. The third-order valence-electron chi connectivity index (χ3n) is 2.69. The van der Waals surface area contributed by atoms with E-state index in [4.69, 9.17) is 0 Å². The fourth-order valence-corrected chi connectivity index (χ4v) is 1.74. The molecule has 0 aliphatic carbocycles. The number of amides is 2. The molecule has 2 rings (SSSR count). The summed E-state index contributed by atoms with van der Waals surface area (Å²) >= 11 is 0. The minimum atomic E-state index is -0.275. The van der Waals surface area contributed by atoms with Gasteiger partial charge in [-0.15, -0.1) is 0 Å². The van der Waals surface area contributed by atoms with E-state index in [9.17, 15) is 4.79 Å².